The quantitative estimate of drug-likeness (QED) is 0.476. The van der Waals surface area contributed by atoms with Gasteiger partial charge in [0.2, 0.25) is 5.91 Å². The van der Waals surface area contributed by atoms with E-state index < -0.39 is 29.5 Å². The van der Waals surface area contributed by atoms with Gasteiger partial charge >= 0.3 is 12.6 Å². The van der Waals surface area contributed by atoms with Gasteiger partial charge < -0.3 is 20.3 Å². The number of carboxylic acids is 1. The van der Waals surface area contributed by atoms with E-state index in [1.165, 1.54) is 30.3 Å². The Morgan fingerprint density at radius 2 is 1.88 bits per heavy atom. The fraction of sp³-hybridized carbons (Fsp3) is 0.208. The minimum Gasteiger partial charge on any atom is -0.504 e. The first kappa shape index (κ1) is 22.2. The molecule has 3 aromatic rings. The number of nitrogens with zero attached hydrogens (tertiary/aromatic N) is 1. The van der Waals surface area contributed by atoms with Gasteiger partial charge in [-0.1, -0.05) is 24.3 Å². The number of rotatable bonds is 7. The summed E-state index contributed by atoms with van der Waals surface area (Å²) < 4.78 is 29.6. The van der Waals surface area contributed by atoms with Crippen molar-refractivity contribution in [2.45, 2.75) is 31.8 Å². The molecule has 1 heterocycles. The molecule has 1 aromatic heterocycles. The summed E-state index contributed by atoms with van der Waals surface area (Å²) in [6.45, 7) is -1.28. The number of hydrogen-bond donors (Lipinski definition) is 3. The molecule has 0 unspecified atom stereocenters. The second-order valence-corrected chi connectivity index (χ2v) is 7.85. The first-order valence-electron chi connectivity index (χ1n) is 10.1. The second-order valence-electron chi connectivity index (χ2n) is 7.85. The van der Waals surface area contributed by atoms with Crippen LogP contribution in [0.25, 0.3) is 11.3 Å². The molecular formula is C24H20F2N2O5. The van der Waals surface area contributed by atoms with Crippen LogP contribution in [0.4, 0.5) is 14.6 Å². The van der Waals surface area contributed by atoms with Gasteiger partial charge in [0.1, 0.15) is 5.82 Å². The standard InChI is InChI=1S/C24H20F2N2O5/c1-13-5-8-19(27-20(13)14-3-2-4-15(11-14)21(30)31)28-22(32)24(9-10-24)16-6-7-17(29)18(12-16)33-23(25)26/h2-8,11-12,23,29H,9-10H2,1H3,(H,30,31)(H,27,28,32). The van der Waals surface area contributed by atoms with Gasteiger partial charge in [-0.15, -0.1) is 0 Å². The zero-order valence-electron chi connectivity index (χ0n) is 17.5. The summed E-state index contributed by atoms with van der Waals surface area (Å²) in [4.78, 5) is 28.9. The Bertz CT molecular complexity index is 1240. The number of phenolic OH excluding ortho intramolecular Hbond substituents is 1. The van der Waals surface area contributed by atoms with Crippen LogP contribution in [0, 0.1) is 6.92 Å². The molecule has 9 heteroatoms. The Labute approximate surface area is 187 Å². The summed E-state index contributed by atoms with van der Waals surface area (Å²) in [5.74, 6) is -1.98. The molecule has 0 radical (unpaired) electrons. The Morgan fingerprint density at radius 3 is 2.55 bits per heavy atom. The molecule has 33 heavy (non-hydrogen) atoms. The van der Waals surface area contributed by atoms with E-state index in [-0.39, 0.29) is 17.3 Å². The Kier molecular flexibility index (Phi) is 5.71. The van der Waals surface area contributed by atoms with Crippen molar-refractivity contribution in [2.75, 3.05) is 5.32 Å². The average molecular weight is 454 g/mol. The van der Waals surface area contributed by atoms with Crippen LogP contribution in [-0.2, 0) is 10.2 Å². The molecule has 7 nitrogen and oxygen atoms in total. The van der Waals surface area contributed by atoms with E-state index in [0.29, 0.717) is 29.7 Å². The SMILES string of the molecule is Cc1ccc(NC(=O)C2(c3ccc(O)c(OC(F)F)c3)CC2)nc1-c1cccc(C(=O)O)c1. The van der Waals surface area contributed by atoms with E-state index in [1.807, 2.05) is 6.92 Å². The van der Waals surface area contributed by atoms with Crippen molar-refractivity contribution in [1.82, 2.24) is 4.98 Å². The maximum absolute atomic E-state index is 13.1. The van der Waals surface area contributed by atoms with Gasteiger partial charge in [-0.3, -0.25) is 4.79 Å². The molecule has 0 spiro atoms. The summed E-state index contributed by atoms with van der Waals surface area (Å²) >= 11 is 0. The minimum atomic E-state index is -3.11. The number of aromatic hydroxyl groups is 1. The summed E-state index contributed by atoms with van der Waals surface area (Å²) in [6.07, 6.45) is 0.994. The number of alkyl halides is 2. The van der Waals surface area contributed by atoms with E-state index >= 15 is 0 Å². The number of nitrogens with one attached hydrogen (secondary N) is 1. The molecule has 0 aliphatic heterocycles. The molecule has 1 aliphatic carbocycles. The van der Waals surface area contributed by atoms with Crippen LogP contribution in [0.5, 0.6) is 11.5 Å². The highest BCUT2D eigenvalue weighted by molar-refractivity contribution is 6.01. The fourth-order valence-electron chi connectivity index (χ4n) is 3.70. The number of carbonyl (C=O) groups is 2. The Balaban J connectivity index is 1.60. The van der Waals surface area contributed by atoms with Gasteiger partial charge in [-0.2, -0.15) is 8.78 Å². The lowest BCUT2D eigenvalue weighted by molar-refractivity contribution is -0.118. The first-order valence-corrected chi connectivity index (χ1v) is 10.1. The van der Waals surface area contributed by atoms with E-state index in [4.69, 9.17) is 0 Å². The topological polar surface area (TPSA) is 109 Å². The van der Waals surface area contributed by atoms with Crippen molar-refractivity contribution in [3.05, 3.63) is 71.3 Å². The van der Waals surface area contributed by atoms with Crippen molar-refractivity contribution >= 4 is 17.7 Å². The van der Waals surface area contributed by atoms with Crippen LogP contribution in [0.3, 0.4) is 0 Å². The maximum atomic E-state index is 13.1. The minimum absolute atomic E-state index is 0.120. The van der Waals surface area contributed by atoms with Crippen LogP contribution in [0.15, 0.2) is 54.6 Å². The van der Waals surface area contributed by atoms with E-state index in [2.05, 4.69) is 15.0 Å². The third-order valence-electron chi connectivity index (χ3n) is 5.63. The number of carbonyl (C=O) groups excluding carboxylic acids is 1. The van der Waals surface area contributed by atoms with Gasteiger partial charge in [0.05, 0.1) is 16.7 Å². The van der Waals surface area contributed by atoms with E-state index in [0.717, 1.165) is 5.56 Å². The predicted octanol–water partition coefficient (Wildman–Crippen LogP) is 4.73. The van der Waals surface area contributed by atoms with Crippen LogP contribution in [0.2, 0.25) is 0 Å². The van der Waals surface area contributed by atoms with Crippen molar-refractivity contribution in [3.8, 4) is 22.8 Å². The number of pyridine rings is 1. The third kappa shape index (κ3) is 4.48. The van der Waals surface area contributed by atoms with Gasteiger partial charge in [0.15, 0.2) is 11.5 Å². The summed E-state index contributed by atoms with van der Waals surface area (Å²) in [5, 5.41) is 21.8. The van der Waals surface area contributed by atoms with Crippen LogP contribution in [-0.4, -0.2) is 33.7 Å². The number of hydrogen-bond acceptors (Lipinski definition) is 5. The van der Waals surface area contributed by atoms with Crippen molar-refractivity contribution in [3.63, 3.8) is 0 Å². The van der Waals surface area contributed by atoms with Crippen molar-refractivity contribution < 1.29 is 33.3 Å². The van der Waals surface area contributed by atoms with Crippen LogP contribution in [0.1, 0.15) is 34.3 Å². The number of halogens is 2. The zero-order valence-corrected chi connectivity index (χ0v) is 17.5. The molecule has 0 atom stereocenters. The smallest absolute Gasteiger partial charge is 0.387 e. The lowest BCUT2D eigenvalue weighted by atomic mass is 9.94. The highest BCUT2D eigenvalue weighted by Crippen LogP contribution is 2.50. The van der Waals surface area contributed by atoms with Gasteiger partial charge in [0, 0.05) is 5.56 Å². The molecule has 1 aliphatic rings. The normalized spacial score (nSPS) is 14.1. The van der Waals surface area contributed by atoms with Crippen molar-refractivity contribution in [2.24, 2.45) is 0 Å². The number of benzene rings is 2. The first-order chi connectivity index (χ1) is 15.7. The number of aryl methyl sites for hydroxylation is 1. The number of phenols is 1. The highest BCUT2D eigenvalue weighted by atomic mass is 19.3. The molecule has 0 bridgehead atoms. The molecular weight excluding hydrogens is 434 g/mol. The van der Waals surface area contributed by atoms with Gasteiger partial charge in [-0.05, 0) is 61.2 Å². The van der Waals surface area contributed by atoms with Crippen molar-refractivity contribution in [1.29, 1.82) is 0 Å². The lowest BCUT2D eigenvalue weighted by Gasteiger charge is -2.18. The molecule has 4 rings (SSSR count). The number of anilines is 1. The highest BCUT2D eigenvalue weighted by Gasteiger charge is 2.51. The average Bonchev–Trinajstić information content (AvgIpc) is 3.58. The Morgan fingerprint density at radius 1 is 1.12 bits per heavy atom. The summed E-state index contributed by atoms with van der Waals surface area (Å²) in [7, 11) is 0. The van der Waals surface area contributed by atoms with E-state index in [1.54, 1.807) is 24.3 Å². The number of aromatic nitrogens is 1. The maximum Gasteiger partial charge on any atom is 0.387 e. The second kappa shape index (κ2) is 8.50. The summed E-state index contributed by atoms with van der Waals surface area (Å²) in [5.41, 5.74) is 1.55. The number of amides is 1. The number of carboxylic acid groups (broad SMARTS) is 1. The number of aromatic carboxylic acids is 1. The molecule has 2 aromatic carbocycles. The fourth-order valence-corrected chi connectivity index (χ4v) is 3.70. The number of ether oxygens (including phenoxy) is 1. The lowest BCUT2D eigenvalue weighted by Crippen LogP contribution is -2.28. The molecule has 170 valence electrons. The van der Waals surface area contributed by atoms with E-state index in [9.17, 15) is 28.6 Å². The predicted molar refractivity (Wildman–Crippen MR) is 116 cm³/mol. The summed E-state index contributed by atoms with van der Waals surface area (Å²) in [6, 6.07) is 13.7. The molecule has 1 saturated carbocycles. The molecule has 1 fully saturated rings. The Hall–Kier alpha value is -4.01. The molecule has 0 saturated heterocycles. The van der Waals surface area contributed by atoms with Gasteiger partial charge in [-0.25, -0.2) is 9.78 Å². The zero-order chi connectivity index (χ0) is 23.8. The monoisotopic (exact) mass is 454 g/mol. The van der Waals surface area contributed by atoms with Gasteiger partial charge in [0.25, 0.3) is 0 Å². The molecule has 1 amide bonds. The van der Waals surface area contributed by atoms with Crippen LogP contribution < -0.4 is 10.1 Å². The van der Waals surface area contributed by atoms with Crippen LogP contribution >= 0.6 is 0 Å². The largest absolute Gasteiger partial charge is 0.504 e. The third-order valence-corrected chi connectivity index (χ3v) is 5.63. The molecule has 3 N–H and O–H groups in total.